The number of hydrogen-bond donors (Lipinski definition) is 2. The van der Waals surface area contributed by atoms with Crippen LogP contribution in [0.4, 0.5) is 11.5 Å². The summed E-state index contributed by atoms with van der Waals surface area (Å²) in [6.07, 6.45) is 0. The second-order valence-corrected chi connectivity index (χ2v) is 6.17. The highest BCUT2D eigenvalue weighted by atomic mass is 16.7. The number of H-pyrrole nitrogens is 1. The fraction of sp³-hybridized carbons (Fsp3) is 0.100. The van der Waals surface area contributed by atoms with Gasteiger partial charge in [0.25, 0.3) is 0 Å². The number of aryl methyl sites for hydroxylation is 1. The number of rotatable bonds is 3. The van der Waals surface area contributed by atoms with Crippen molar-refractivity contribution in [2.45, 2.75) is 6.92 Å². The van der Waals surface area contributed by atoms with Gasteiger partial charge in [-0.25, -0.2) is 9.97 Å². The number of nitrogens with one attached hydrogen (secondary N) is 2. The molecule has 4 aromatic rings. The number of aromatic nitrogens is 3. The number of ether oxygens (including phenoxy) is 2. The first-order valence-corrected chi connectivity index (χ1v) is 8.36. The second kappa shape index (κ2) is 5.77. The van der Waals surface area contributed by atoms with Crippen LogP contribution in [0.1, 0.15) is 5.69 Å². The quantitative estimate of drug-likeness (QED) is 0.576. The number of fused-ring (bicyclic) bond motifs is 2. The van der Waals surface area contributed by atoms with Crippen LogP contribution in [0.5, 0.6) is 11.5 Å². The summed E-state index contributed by atoms with van der Waals surface area (Å²) in [6, 6.07) is 17.7. The summed E-state index contributed by atoms with van der Waals surface area (Å²) in [5.41, 5.74) is 3.69. The third kappa shape index (κ3) is 2.52. The molecule has 6 nitrogen and oxygen atoms in total. The van der Waals surface area contributed by atoms with Crippen molar-refractivity contribution in [1.82, 2.24) is 15.0 Å². The monoisotopic (exact) mass is 344 g/mol. The zero-order valence-corrected chi connectivity index (χ0v) is 14.1. The molecule has 6 heteroatoms. The molecule has 0 aliphatic carbocycles. The molecule has 0 bridgehead atoms. The molecule has 3 heterocycles. The van der Waals surface area contributed by atoms with E-state index in [0.717, 1.165) is 45.3 Å². The molecule has 0 unspecified atom stereocenters. The van der Waals surface area contributed by atoms with E-state index in [1.807, 2.05) is 61.5 Å². The zero-order valence-electron chi connectivity index (χ0n) is 14.1. The largest absolute Gasteiger partial charge is 0.454 e. The zero-order chi connectivity index (χ0) is 17.5. The summed E-state index contributed by atoms with van der Waals surface area (Å²) in [4.78, 5) is 12.7. The summed E-state index contributed by atoms with van der Waals surface area (Å²) in [5.74, 6) is 2.90. The highest BCUT2D eigenvalue weighted by Crippen LogP contribution is 2.36. The summed E-state index contributed by atoms with van der Waals surface area (Å²) in [6.45, 7) is 2.26. The molecule has 2 N–H and O–H groups in total. The Balaban J connectivity index is 1.61. The van der Waals surface area contributed by atoms with Gasteiger partial charge in [-0.15, -0.1) is 0 Å². The van der Waals surface area contributed by atoms with Crippen LogP contribution in [0.15, 0.2) is 54.6 Å². The van der Waals surface area contributed by atoms with Gasteiger partial charge in [-0.05, 0) is 25.1 Å². The minimum atomic E-state index is 0.256. The van der Waals surface area contributed by atoms with Gasteiger partial charge in [-0.1, -0.05) is 30.3 Å². The van der Waals surface area contributed by atoms with Crippen molar-refractivity contribution in [2.24, 2.45) is 0 Å². The molecule has 128 valence electrons. The molecule has 26 heavy (non-hydrogen) atoms. The van der Waals surface area contributed by atoms with E-state index in [0.29, 0.717) is 5.82 Å². The Labute approximate surface area is 149 Å². The van der Waals surface area contributed by atoms with Gasteiger partial charge in [-0.3, -0.25) is 0 Å². The molecule has 1 aliphatic rings. The molecule has 0 atom stereocenters. The summed E-state index contributed by atoms with van der Waals surface area (Å²) in [7, 11) is 0. The molecule has 0 fully saturated rings. The normalized spacial score (nSPS) is 12.5. The van der Waals surface area contributed by atoms with Crippen molar-refractivity contribution in [3.8, 4) is 22.9 Å². The fourth-order valence-corrected chi connectivity index (χ4v) is 3.06. The van der Waals surface area contributed by atoms with E-state index >= 15 is 0 Å². The summed E-state index contributed by atoms with van der Waals surface area (Å²) >= 11 is 0. The molecule has 5 rings (SSSR count). The van der Waals surface area contributed by atoms with E-state index < -0.39 is 0 Å². The standard InChI is InChI=1S/C20H16N4O2/c1-12-9-15-19(21-12)23-18(13-5-3-2-4-6-13)24-20(15)22-14-7-8-16-17(10-14)26-11-25-16/h2-10H,11H2,1H3,(H2,21,22,23,24). The fourth-order valence-electron chi connectivity index (χ4n) is 3.06. The van der Waals surface area contributed by atoms with Crippen molar-refractivity contribution < 1.29 is 9.47 Å². The molecular weight excluding hydrogens is 328 g/mol. The first kappa shape index (κ1) is 14.8. The van der Waals surface area contributed by atoms with Gasteiger partial charge in [0, 0.05) is 23.0 Å². The maximum absolute atomic E-state index is 5.46. The lowest BCUT2D eigenvalue weighted by molar-refractivity contribution is 0.174. The van der Waals surface area contributed by atoms with Crippen LogP contribution in [-0.4, -0.2) is 21.7 Å². The maximum atomic E-state index is 5.46. The van der Waals surface area contributed by atoms with E-state index in [9.17, 15) is 0 Å². The predicted octanol–water partition coefficient (Wildman–Crippen LogP) is 4.41. The van der Waals surface area contributed by atoms with Crippen LogP contribution in [0.2, 0.25) is 0 Å². The summed E-state index contributed by atoms with van der Waals surface area (Å²) in [5, 5.41) is 4.34. The predicted molar refractivity (Wildman–Crippen MR) is 99.9 cm³/mol. The average molecular weight is 344 g/mol. The van der Waals surface area contributed by atoms with Gasteiger partial charge < -0.3 is 19.8 Å². The lowest BCUT2D eigenvalue weighted by atomic mass is 10.2. The Morgan fingerprint density at radius 3 is 2.69 bits per heavy atom. The first-order chi connectivity index (χ1) is 12.8. The smallest absolute Gasteiger partial charge is 0.231 e. The number of aromatic amines is 1. The molecule has 0 saturated carbocycles. The molecule has 0 radical (unpaired) electrons. The second-order valence-electron chi connectivity index (χ2n) is 6.17. The molecule has 1 aliphatic heterocycles. The van der Waals surface area contributed by atoms with Crippen LogP contribution in [0.25, 0.3) is 22.4 Å². The number of anilines is 2. The Morgan fingerprint density at radius 1 is 0.962 bits per heavy atom. The Hall–Kier alpha value is -3.54. The molecule has 0 amide bonds. The lowest BCUT2D eigenvalue weighted by Gasteiger charge is -2.09. The third-order valence-corrected chi connectivity index (χ3v) is 4.29. The highest BCUT2D eigenvalue weighted by molar-refractivity contribution is 5.91. The van der Waals surface area contributed by atoms with E-state index in [1.165, 1.54) is 0 Å². The van der Waals surface area contributed by atoms with Gasteiger partial charge in [0.1, 0.15) is 11.5 Å². The molecule has 0 spiro atoms. The van der Waals surface area contributed by atoms with Crippen LogP contribution < -0.4 is 14.8 Å². The SMILES string of the molecule is Cc1cc2c(Nc3ccc4c(c3)OCO4)nc(-c3ccccc3)nc2[nH]1. The van der Waals surface area contributed by atoms with Gasteiger partial charge >= 0.3 is 0 Å². The van der Waals surface area contributed by atoms with Gasteiger partial charge in [0.15, 0.2) is 17.3 Å². The topological polar surface area (TPSA) is 72.1 Å². The van der Waals surface area contributed by atoms with Crippen molar-refractivity contribution in [2.75, 3.05) is 12.1 Å². The third-order valence-electron chi connectivity index (χ3n) is 4.29. The number of benzene rings is 2. The van der Waals surface area contributed by atoms with Crippen LogP contribution >= 0.6 is 0 Å². The van der Waals surface area contributed by atoms with Gasteiger partial charge in [0.2, 0.25) is 6.79 Å². The van der Waals surface area contributed by atoms with Crippen molar-refractivity contribution in [3.63, 3.8) is 0 Å². The molecule has 2 aromatic carbocycles. The van der Waals surface area contributed by atoms with E-state index in [2.05, 4.69) is 15.3 Å². The summed E-state index contributed by atoms with van der Waals surface area (Å²) < 4.78 is 10.8. The number of hydrogen-bond acceptors (Lipinski definition) is 5. The first-order valence-electron chi connectivity index (χ1n) is 8.36. The van der Waals surface area contributed by atoms with Crippen LogP contribution in [0.3, 0.4) is 0 Å². The minimum absolute atomic E-state index is 0.256. The van der Waals surface area contributed by atoms with Gasteiger partial charge in [-0.2, -0.15) is 0 Å². The van der Waals surface area contributed by atoms with E-state index in [4.69, 9.17) is 14.5 Å². The molecule has 0 saturated heterocycles. The number of nitrogens with zero attached hydrogens (tertiary/aromatic N) is 2. The van der Waals surface area contributed by atoms with Crippen molar-refractivity contribution in [1.29, 1.82) is 0 Å². The van der Waals surface area contributed by atoms with E-state index in [-0.39, 0.29) is 6.79 Å². The Bertz CT molecular complexity index is 1110. The molecular formula is C20H16N4O2. The van der Waals surface area contributed by atoms with Crippen LogP contribution in [-0.2, 0) is 0 Å². The van der Waals surface area contributed by atoms with Crippen molar-refractivity contribution in [3.05, 3.63) is 60.3 Å². The highest BCUT2D eigenvalue weighted by Gasteiger charge is 2.15. The Morgan fingerprint density at radius 2 is 1.81 bits per heavy atom. The maximum Gasteiger partial charge on any atom is 0.231 e. The Kier molecular flexibility index (Phi) is 3.28. The van der Waals surface area contributed by atoms with Crippen LogP contribution in [0, 0.1) is 6.92 Å². The molecule has 2 aromatic heterocycles. The van der Waals surface area contributed by atoms with Crippen molar-refractivity contribution >= 4 is 22.5 Å². The van der Waals surface area contributed by atoms with Gasteiger partial charge in [0.05, 0.1) is 5.39 Å². The average Bonchev–Trinajstić information content (AvgIpc) is 3.27. The van der Waals surface area contributed by atoms with E-state index in [1.54, 1.807) is 0 Å². The lowest BCUT2D eigenvalue weighted by Crippen LogP contribution is -1.98. The minimum Gasteiger partial charge on any atom is -0.454 e.